The van der Waals surface area contributed by atoms with Crippen molar-refractivity contribution in [3.05, 3.63) is 102 Å². The highest BCUT2D eigenvalue weighted by atomic mass is 31.2. The quantitative estimate of drug-likeness (QED) is 0.462. The molecule has 0 aliphatic carbocycles. The van der Waals surface area contributed by atoms with Crippen molar-refractivity contribution in [1.82, 2.24) is 5.32 Å². The van der Waals surface area contributed by atoms with E-state index < -0.39 is 13.2 Å². The zero-order valence-corrected chi connectivity index (χ0v) is 17.8. The Morgan fingerprint density at radius 2 is 1.34 bits per heavy atom. The first-order valence-electron chi connectivity index (χ1n) is 9.83. The third kappa shape index (κ3) is 5.23. The SMILES string of the molecule is CCOP(=O)(c1ccccc1)C(N[C@@H](COC)c1ccccc1)c1ccccc1. The van der Waals surface area contributed by atoms with E-state index in [4.69, 9.17) is 9.26 Å². The number of benzene rings is 3. The van der Waals surface area contributed by atoms with Gasteiger partial charge in [0.2, 0.25) is 0 Å². The summed E-state index contributed by atoms with van der Waals surface area (Å²) in [6.07, 6.45) is 0. The largest absolute Gasteiger partial charge is 0.383 e. The number of methoxy groups -OCH3 is 1. The van der Waals surface area contributed by atoms with E-state index in [1.807, 2.05) is 97.9 Å². The smallest absolute Gasteiger partial charge is 0.252 e. The molecule has 0 fully saturated rings. The van der Waals surface area contributed by atoms with Gasteiger partial charge < -0.3 is 9.26 Å². The van der Waals surface area contributed by atoms with Crippen molar-refractivity contribution < 1.29 is 13.8 Å². The Bertz CT molecular complexity index is 903. The van der Waals surface area contributed by atoms with E-state index in [1.165, 1.54) is 0 Å². The summed E-state index contributed by atoms with van der Waals surface area (Å²) in [5.74, 6) is -0.508. The molecule has 0 aliphatic heterocycles. The van der Waals surface area contributed by atoms with Crippen molar-refractivity contribution in [2.45, 2.75) is 18.7 Å². The van der Waals surface area contributed by atoms with E-state index in [0.717, 1.165) is 11.1 Å². The van der Waals surface area contributed by atoms with Crippen LogP contribution in [0.25, 0.3) is 0 Å². The van der Waals surface area contributed by atoms with Crippen LogP contribution in [-0.2, 0) is 13.8 Å². The Labute approximate surface area is 173 Å². The second-order valence-electron chi connectivity index (χ2n) is 6.75. The maximum absolute atomic E-state index is 14.4. The monoisotopic (exact) mass is 409 g/mol. The molecule has 4 nitrogen and oxygen atoms in total. The Balaban J connectivity index is 2.07. The standard InChI is InChI=1S/C24H28NO3P/c1-3-28-29(26,22-17-11-6-12-18-22)24(21-15-9-5-10-16-21)25-23(19-27-2)20-13-7-4-8-14-20/h4-18,23-25H,3,19H2,1-2H3/t23-,24?,29?/m0/s1. The molecule has 0 aromatic heterocycles. The average molecular weight is 409 g/mol. The Kier molecular flexibility index (Phi) is 7.79. The number of hydrogen-bond donors (Lipinski definition) is 1. The molecule has 5 heteroatoms. The molecule has 0 saturated heterocycles. The lowest BCUT2D eigenvalue weighted by Crippen LogP contribution is -2.32. The van der Waals surface area contributed by atoms with E-state index in [2.05, 4.69) is 5.32 Å². The summed E-state index contributed by atoms with van der Waals surface area (Å²) in [6.45, 7) is 2.69. The number of rotatable bonds is 10. The number of ether oxygens (including phenoxy) is 1. The molecule has 3 atom stereocenters. The Hall–Kier alpha value is -2.23. The molecule has 0 saturated carbocycles. The van der Waals surface area contributed by atoms with Crippen LogP contribution in [0.15, 0.2) is 91.0 Å². The minimum atomic E-state index is -3.27. The van der Waals surface area contributed by atoms with E-state index in [9.17, 15) is 4.57 Å². The lowest BCUT2D eigenvalue weighted by molar-refractivity contribution is 0.164. The summed E-state index contributed by atoms with van der Waals surface area (Å²) < 4.78 is 25.8. The fourth-order valence-electron chi connectivity index (χ4n) is 3.43. The number of hydrogen-bond acceptors (Lipinski definition) is 4. The van der Waals surface area contributed by atoms with Crippen molar-refractivity contribution in [2.24, 2.45) is 0 Å². The zero-order valence-electron chi connectivity index (χ0n) is 16.9. The summed E-state index contributed by atoms with van der Waals surface area (Å²) >= 11 is 0. The van der Waals surface area contributed by atoms with Crippen molar-refractivity contribution in [1.29, 1.82) is 0 Å². The maximum atomic E-state index is 14.4. The minimum Gasteiger partial charge on any atom is -0.383 e. The van der Waals surface area contributed by atoms with E-state index in [1.54, 1.807) is 7.11 Å². The summed E-state index contributed by atoms with van der Waals surface area (Å²) in [4.78, 5) is 0. The van der Waals surface area contributed by atoms with Gasteiger partial charge in [0.25, 0.3) is 7.37 Å². The maximum Gasteiger partial charge on any atom is 0.252 e. The molecule has 3 rings (SSSR count). The average Bonchev–Trinajstić information content (AvgIpc) is 2.78. The van der Waals surface area contributed by atoms with Crippen LogP contribution in [0.3, 0.4) is 0 Å². The fourth-order valence-corrected chi connectivity index (χ4v) is 5.94. The predicted molar refractivity (Wildman–Crippen MR) is 119 cm³/mol. The van der Waals surface area contributed by atoms with Gasteiger partial charge >= 0.3 is 0 Å². The van der Waals surface area contributed by atoms with Crippen LogP contribution < -0.4 is 10.6 Å². The summed E-state index contributed by atoms with van der Waals surface area (Å²) in [5.41, 5.74) is 2.00. The van der Waals surface area contributed by atoms with Crippen molar-refractivity contribution in [3.63, 3.8) is 0 Å². The van der Waals surface area contributed by atoms with Crippen LogP contribution in [0.5, 0.6) is 0 Å². The summed E-state index contributed by atoms with van der Waals surface area (Å²) in [5, 5.41) is 4.30. The van der Waals surface area contributed by atoms with Crippen LogP contribution in [0.1, 0.15) is 29.9 Å². The van der Waals surface area contributed by atoms with E-state index in [-0.39, 0.29) is 6.04 Å². The molecule has 0 amide bonds. The Morgan fingerprint density at radius 3 is 1.86 bits per heavy atom. The van der Waals surface area contributed by atoms with Gasteiger partial charge in [0.1, 0.15) is 5.78 Å². The molecule has 152 valence electrons. The highest BCUT2D eigenvalue weighted by molar-refractivity contribution is 7.67. The second-order valence-corrected chi connectivity index (χ2v) is 9.23. The van der Waals surface area contributed by atoms with Gasteiger partial charge in [-0.15, -0.1) is 0 Å². The van der Waals surface area contributed by atoms with Gasteiger partial charge in [0, 0.05) is 12.4 Å². The molecule has 0 bridgehead atoms. The first-order chi connectivity index (χ1) is 14.2. The molecule has 1 N–H and O–H groups in total. The molecule has 3 aromatic carbocycles. The zero-order chi connectivity index (χ0) is 20.5. The van der Waals surface area contributed by atoms with Crippen molar-refractivity contribution >= 4 is 12.7 Å². The first kappa shape index (κ1) is 21.5. The highest BCUT2D eigenvalue weighted by Gasteiger charge is 2.38. The van der Waals surface area contributed by atoms with Gasteiger partial charge in [0.05, 0.1) is 19.3 Å². The van der Waals surface area contributed by atoms with Gasteiger partial charge in [-0.05, 0) is 30.2 Å². The van der Waals surface area contributed by atoms with E-state index in [0.29, 0.717) is 18.5 Å². The first-order valence-corrected chi connectivity index (χ1v) is 11.5. The molecule has 0 spiro atoms. The molecular weight excluding hydrogens is 381 g/mol. The second kappa shape index (κ2) is 10.5. The summed E-state index contributed by atoms with van der Waals surface area (Å²) in [6, 6.07) is 29.2. The molecule has 2 unspecified atom stereocenters. The number of nitrogens with one attached hydrogen (secondary N) is 1. The van der Waals surface area contributed by atoms with Gasteiger partial charge in [-0.2, -0.15) is 0 Å². The molecule has 3 aromatic rings. The summed E-state index contributed by atoms with van der Waals surface area (Å²) in [7, 11) is -1.59. The third-order valence-electron chi connectivity index (χ3n) is 4.79. The van der Waals surface area contributed by atoms with Gasteiger partial charge in [-0.1, -0.05) is 78.9 Å². The topological polar surface area (TPSA) is 47.6 Å². The van der Waals surface area contributed by atoms with Crippen LogP contribution in [-0.4, -0.2) is 20.3 Å². The molecule has 0 radical (unpaired) electrons. The lowest BCUT2D eigenvalue weighted by atomic mass is 10.1. The van der Waals surface area contributed by atoms with Crippen LogP contribution >= 0.6 is 7.37 Å². The molecule has 0 heterocycles. The molecular formula is C24H28NO3P. The van der Waals surface area contributed by atoms with Gasteiger partial charge in [-0.25, -0.2) is 0 Å². The van der Waals surface area contributed by atoms with Crippen LogP contribution in [0.2, 0.25) is 0 Å². The predicted octanol–water partition coefficient (Wildman–Crippen LogP) is 5.30. The van der Waals surface area contributed by atoms with Gasteiger partial charge in [-0.3, -0.25) is 9.88 Å². The van der Waals surface area contributed by atoms with Crippen molar-refractivity contribution in [2.75, 3.05) is 20.3 Å². The fraction of sp³-hybridized carbons (Fsp3) is 0.250. The minimum absolute atomic E-state index is 0.135. The van der Waals surface area contributed by atoms with Gasteiger partial charge in [0.15, 0.2) is 0 Å². The normalized spacial score (nSPS) is 15.4. The Morgan fingerprint density at radius 1 is 0.828 bits per heavy atom. The third-order valence-corrected chi connectivity index (χ3v) is 7.57. The van der Waals surface area contributed by atoms with Crippen LogP contribution in [0.4, 0.5) is 0 Å². The highest BCUT2D eigenvalue weighted by Crippen LogP contribution is 2.58. The molecule has 29 heavy (non-hydrogen) atoms. The lowest BCUT2D eigenvalue weighted by Gasteiger charge is -2.32. The molecule has 0 aliphatic rings. The van der Waals surface area contributed by atoms with Crippen LogP contribution in [0, 0.1) is 0 Å². The van der Waals surface area contributed by atoms with E-state index >= 15 is 0 Å². The van der Waals surface area contributed by atoms with Crippen molar-refractivity contribution in [3.8, 4) is 0 Å².